The monoisotopic (exact) mass is 229 g/mol. The number of aliphatic hydroxyl groups is 1. The summed E-state index contributed by atoms with van der Waals surface area (Å²) >= 11 is 0. The summed E-state index contributed by atoms with van der Waals surface area (Å²) < 4.78 is 5.60. The van der Waals surface area contributed by atoms with Crippen molar-refractivity contribution in [2.24, 2.45) is 0 Å². The van der Waals surface area contributed by atoms with Gasteiger partial charge in [0.1, 0.15) is 0 Å². The zero-order valence-electron chi connectivity index (χ0n) is 10.7. The maximum atomic E-state index is 8.87. The molecule has 0 bridgehead atoms. The number of hydrogen-bond donors (Lipinski definition) is 1. The second-order valence-electron chi connectivity index (χ2n) is 4.66. The molecule has 0 unspecified atom stereocenters. The van der Waals surface area contributed by atoms with Crippen LogP contribution >= 0.6 is 0 Å². The summed E-state index contributed by atoms with van der Waals surface area (Å²) in [7, 11) is 0. The van der Waals surface area contributed by atoms with Crippen LogP contribution in [0, 0.1) is 0 Å². The minimum atomic E-state index is 0.305. The Balaban J connectivity index is 2.06. The Morgan fingerprint density at radius 3 is 2.56 bits per heavy atom. The first kappa shape index (κ1) is 13.9. The fourth-order valence-electron chi connectivity index (χ4n) is 2.03. The molecule has 0 aromatic carbocycles. The van der Waals surface area contributed by atoms with E-state index in [1.807, 2.05) is 0 Å². The van der Waals surface area contributed by atoms with E-state index in [1.54, 1.807) is 0 Å². The molecule has 3 nitrogen and oxygen atoms in total. The van der Waals surface area contributed by atoms with Crippen molar-refractivity contribution in [1.29, 1.82) is 0 Å². The molecular weight excluding hydrogens is 202 g/mol. The number of rotatable bonds is 10. The summed E-state index contributed by atoms with van der Waals surface area (Å²) in [6.45, 7) is 6.30. The molecule has 1 aliphatic rings. The van der Waals surface area contributed by atoms with Crippen molar-refractivity contribution in [3.05, 3.63) is 0 Å². The molecule has 0 aromatic rings. The average molecular weight is 229 g/mol. The molecule has 0 heterocycles. The van der Waals surface area contributed by atoms with Gasteiger partial charge in [-0.05, 0) is 25.7 Å². The normalized spacial score (nSPS) is 16.7. The fraction of sp³-hybridized carbons (Fsp3) is 1.00. The molecule has 1 rings (SSSR count). The van der Waals surface area contributed by atoms with Crippen molar-refractivity contribution in [2.75, 3.05) is 32.9 Å². The lowest BCUT2D eigenvalue weighted by Crippen LogP contribution is -2.42. The zero-order chi connectivity index (χ0) is 11.6. The average Bonchev–Trinajstić information content (AvgIpc) is 2.22. The van der Waals surface area contributed by atoms with Gasteiger partial charge >= 0.3 is 0 Å². The van der Waals surface area contributed by atoms with Crippen LogP contribution in [0.3, 0.4) is 0 Å². The molecule has 16 heavy (non-hydrogen) atoms. The Morgan fingerprint density at radius 2 is 2.00 bits per heavy atom. The van der Waals surface area contributed by atoms with Gasteiger partial charge in [0, 0.05) is 32.3 Å². The molecule has 1 aliphatic carbocycles. The summed E-state index contributed by atoms with van der Waals surface area (Å²) in [4.78, 5) is 2.49. The molecule has 0 aliphatic heterocycles. The van der Waals surface area contributed by atoms with E-state index in [-0.39, 0.29) is 0 Å². The molecule has 1 N–H and O–H groups in total. The molecule has 1 fully saturated rings. The molecule has 3 heteroatoms. The number of aliphatic hydroxyl groups excluding tert-OH is 1. The van der Waals surface area contributed by atoms with Gasteiger partial charge in [0.2, 0.25) is 0 Å². The lowest BCUT2D eigenvalue weighted by molar-refractivity contribution is 0.0593. The Labute approximate surface area is 99.8 Å². The van der Waals surface area contributed by atoms with Crippen molar-refractivity contribution in [2.45, 2.75) is 51.5 Å². The van der Waals surface area contributed by atoms with Crippen LogP contribution in [0.2, 0.25) is 0 Å². The van der Waals surface area contributed by atoms with E-state index >= 15 is 0 Å². The molecular formula is C13H27NO2. The Hall–Kier alpha value is -0.120. The van der Waals surface area contributed by atoms with Gasteiger partial charge < -0.3 is 9.84 Å². The van der Waals surface area contributed by atoms with Crippen molar-refractivity contribution in [3.63, 3.8) is 0 Å². The highest BCUT2D eigenvalue weighted by molar-refractivity contribution is 4.79. The van der Waals surface area contributed by atoms with Gasteiger partial charge in [-0.15, -0.1) is 0 Å². The summed E-state index contributed by atoms with van der Waals surface area (Å²) in [6, 6.07) is 0.765. The van der Waals surface area contributed by atoms with Gasteiger partial charge in [-0.25, -0.2) is 0 Å². The first-order valence-corrected chi connectivity index (χ1v) is 6.81. The third kappa shape index (κ3) is 5.28. The summed E-state index contributed by atoms with van der Waals surface area (Å²) in [5.41, 5.74) is 0. The van der Waals surface area contributed by atoms with Crippen LogP contribution < -0.4 is 0 Å². The molecule has 0 saturated heterocycles. The van der Waals surface area contributed by atoms with Gasteiger partial charge in [-0.1, -0.05) is 19.8 Å². The van der Waals surface area contributed by atoms with Crippen molar-refractivity contribution < 1.29 is 9.84 Å². The third-order valence-electron chi connectivity index (χ3n) is 3.36. The van der Waals surface area contributed by atoms with Crippen LogP contribution in [-0.4, -0.2) is 49.0 Å². The van der Waals surface area contributed by atoms with Gasteiger partial charge in [0.25, 0.3) is 0 Å². The molecule has 0 aromatic heterocycles. The van der Waals surface area contributed by atoms with Crippen LogP contribution in [0.25, 0.3) is 0 Å². The molecule has 0 atom stereocenters. The predicted molar refractivity (Wildman–Crippen MR) is 66.6 cm³/mol. The van der Waals surface area contributed by atoms with E-state index in [0.717, 1.165) is 38.8 Å². The van der Waals surface area contributed by atoms with Gasteiger partial charge in [-0.3, -0.25) is 4.90 Å². The van der Waals surface area contributed by atoms with Crippen molar-refractivity contribution in [1.82, 2.24) is 4.90 Å². The highest BCUT2D eigenvalue weighted by atomic mass is 16.5. The van der Waals surface area contributed by atoms with Gasteiger partial charge in [-0.2, -0.15) is 0 Å². The molecule has 1 saturated carbocycles. The summed E-state index contributed by atoms with van der Waals surface area (Å²) in [5, 5.41) is 8.87. The van der Waals surface area contributed by atoms with E-state index in [4.69, 9.17) is 9.84 Å². The fourth-order valence-corrected chi connectivity index (χ4v) is 2.03. The SMILES string of the molecule is CCCCOCCN(CCCO)C1CCC1. The second kappa shape index (κ2) is 8.97. The predicted octanol–water partition coefficient (Wildman–Crippen LogP) is 2.04. The van der Waals surface area contributed by atoms with Gasteiger partial charge in [0.15, 0.2) is 0 Å². The van der Waals surface area contributed by atoms with E-state index in [9.17, 15) is 0 Å². The lowest BCUT2D eigenvalue weighted by Gasteiger charge is -2.37. The maximum Gasteiger partial charge on any atom is 0.0593 e. The Morgan fingerprint density at radius 1 is 1.19 bits per heavy atom. The molecule has 0 radical (unpaired) electrons. The van der Waals surface area contributed by atoms with E-state index < -0.39 is 0 Å². The summed E-state index contributed by atoms with van der Waals surface area (Å²) in [6.07, 6.45) is 7.31. The van der Waals surface area contributed by atoms with E-state index in [0.29, 0.717) is 6.61 Å². The smallest absolute Gasteiger partial charge is 0.0593 e. The van der Waals surface area contributed by atoms with Crippen LogP contribution in [0.4, 0.5) is 0 Å². The number of hydrogen-bond acceptors (Lipinski definition) is 3. The van der Waals surface area contributed by atoms with E-state index in [1.165, 1.54) is 32.1 Å². The van der Waals surface area contributed by atoms with Crippen LogP contribution in [0.15, 0.2) is 0 Å². The largest absolute Gasteiger partial charge is 0.396 e. The first-order chi connectivity index (χ1) is 7.88. The Bertz CT molecular complexity index is 160. The van der Waals surface area contributed by atoms with Gasteiger partial charge in [0.05, 0.1) is 6.61 Å². The van der Waals surface area contributed by atoms with Crippen molar-refractivity contribution >= 4 is 0 Å². The maximum absolute atomic E-state index is 8.87. The molecule has 96 valence electrons. The first-order valence-electron chi connectivity index (χ1n) is 6.81. The zero-order valence-corrected chi connectivity index (χ0v) is 10.7. The van der Waals surface area contributed by atoms with Crippen LogP contribution in [0.5, 0.6) is 0 Å². The Kier molecular flexibility index (Phi) is 7.81. The topological polar surface area (TPSA) is 32.7 Å². The lowest BCUT2D eigenvalue weighted by atomic mass is 9.91. The number of ether oxygens (including phenoxy) is 1. The quantitative estimate of drug-likeness (QED) is 0.582. The minimum Gasteiger partial charge on any atom is -0.396 e. The standard InChI is InChI=1S/C13H27NO2/c1-2-3-11-16-12-9-14(8-5-10-15)13-6-4-7-13/h13,15H,2-12H2,1H3. The molecule has 0 spiro atoms. The number of unbranched alkanes of at least 4 members (excludes halogenated alkanes) is 1. The second-order valence-corrected chi connectivity index (χ2v) is 4.66. The van der Waals surface area contributed by atoms with Crippen molar-refractivity contribution in [3.8, 4) is 0 Å². The summed E-state index contributed by atoms with van der Waals surface area (Å²) in [5.74, 6) is 0. The third-order valence-corrected chi connectivity index (χ3v) is 3.36. The highest BCUT2D eigenvalue weighted by Crippen LogP contribution is 2.24. The van der Waals surface area contributed by atoms with Crippen LogP contribution in [0.1, 0.15) is 45.4 Å². The highest BCUT2D eigenvalue weighted by Gasteiger charge is 2.23. The van der Waals surface area contributed by atoms with Crippen LogP contribution in [-0.2, 0) is 4.74 Å². The van der Waals surface area contributed by atoms with E-state index in [2.05, 4.69) is 11.8 Å². The minimum absolute atomic E-state index is 0.305. The molecule has 0 amide bonds. The number of nitrogens with zero attached hydrogens (tertiary/aromatic N) is 1.